The van der Waals surface area contributed by atoms with Crippen LogP contribution < -0.4 is 5.32 Å². The molecule has 1 amide bonds. The van der Waals surface area contributed by atoms with E-state index < -0.39 is 0 Å². The van der Waals surface area contributed by atoms with E-state index in [0.29, 0.717) is 5.57 Å². The summed E-state index contributed by atoms with van der Waals surface area (Å²) in [4.78, 5) is 13.1. The van der Waals surface area contributed by atoms with Gasteiger partial charge < -0.3 is 10.4 Å². The molecule has 0 heterocycles. The Kier molecular flexibility index (Phi) is 6.15. The molecule has 0 bridgehead atoms. The van der Waals surface area contributed by atoms with Crippen LogP contribution in [0.2, 0.25) is 0 Å². The fraction of sp³-hybridized carbons (Fsp3) is 0.375. The van der Waals surface area contributed by atoms with Crippen LogP contribution in [-0.2, 0) is 4.79 Å². The van der Waals surface area contributed by atoms with Crippen LogP contribution in [-0.4, -0.2) is 17.1 Å². The number of carbonyl (C=O) groups excluding carboxylic acids is 1. The zero-order valence-electron chi connectivity index (χ0n) is 17.7. The Morgan fingerprint density at radius 1 is 0.778 bits per heavy atom. The van der Waals surface area contributed by atoms with Gasteiger partial charge in [0.1, 0.15) is 5.76 Å². The molecule has 3 heteroatoms. The second kappa shape index (κ2) is 7.99. The van der Waals surface area contributed by atoms with Crippen molar-refractivity contribution in [2.24, 2.45) is 0 Å². The number of aryl methyl sites for hydroxylation is 6. The van der Waals surface area contributed by atoms with E-state index in [1.54, 1.807) is 0 Å². The summed E-state index contributed by atoms with van der Waals surface area (Å²) < 4.78 is 0. The largest absolute Gasteiger partial charge is 0.506 e. The van der Waals surface area contributed by atoms with E-state index in [0.717, 1.165) is 44.5 Å². The van der Waals surface area contributed by atoms with E-state index in [2.05, 4.69) is 5.32 Å². The highest BCUT2D eigenvalue weighted by Crippen LogP contribution is 2.33. The van der Waals surface area contributed by atoms with Crippen molar-refractivity contribution in [3.8, 4) is 0 Å². The van der Waals surface area contributed by atoms with Crippen molar-refractivity contribution in [2.75, 3.05) is 0 Å². The van der Waals surface area contributed by atoms with Crippen LogP contribution in [0.3, 0.4) is 0 Å². The number of hydrogen-bond donors (Lipinski definition) is 2. The zero-order valence-corrected chi connectivity index (χ0v) is 17.7. The van der Waals surface area contributed by atoms with Crippen molar-refractivity contribution in [3.05, 3.63) is 68.8 Å². The minimum atomic E-state index is -0.253. The lowest BCUT2D eigenvalue weighted by Crippen LogP contribution is -2.31. The third-order valence-corrected chi connectivity index (χ3v) is 4.72. The second-order valence-electron chi connectivity index (χ2n) is 7.90. The number of carbonyl (C=O) groups is 1. The summed E-state index contributed by atoms with van der Waals surface area (Å²) in [6.45, 7) is 15.8. The topological polar surface area (TPSA) is 49.3 Å². The van der Waals surface area contributed by atoms with Crippen molar-refractivity contribution in [1.29, 1.82) is 0 Å². The maximum atomic E-state index is 13.1. The molecule has 2 aromatic rings. The highest BCUT2D eigenvalue weighted by Gasteiger charge is 2.24. The molecule has 0 unspecified atom stereocenters. The molecule has 0 fully saturated rings. The van der Waals surface area contributed by atoms with E-state index in [1.165, 1.54) is 0 Å². The van der Waals surface area contributed by atoms with Gasteiger partial charge in [0.2, 0.25) is 0 Å². The summed E-state index contributed by atoms with van der Waals surface area (Å²) in [5.74, 6) is -0.213. The fourth-order valence-corrected chi connectivity index (χ4v) is 3.93. The quantitative estimate of drug-likeness (QED) is 0.428. The summed E-state index contributed by atoms with van der Waals surface area (Å²) in [7, 11) is 0. The van der Waals surface area contributed by atoms with Gasteiger partial charge in [-0.15, -0.1) is 0 Å². The molecule has 0 saturated carbocycles. The van der Waals surface area contributed by atoms with Crippen molar-refractivity contribution in [3.63, 3.8) is 0 Å². The number of aliphatic hydroxyl groups excluding tert-OH is 1. The molecule has 0 radical (unpaired) electrons. The number of nitrogens with one attached hydrogen (secondary N) is 1. The van der Waals surface area contributed by atoms with E-state index in [4.69, 9.17) is 0 Å². The van der Waals surface area contributed by atoms with Gasteiger partial charge in [-0.3, -0.25) is 4.79 Å². The maximum Gasteiger partial charge on any atom is 0.255 e. The highest BCUT2D eigenvalue weighted by molar-refractivity contribution is 6.26. The summed E-state index contributed by atoms with van der Waals surface area (Å²) in [5, 5.41) is 14.3. The molecule has 0 spiro atoms. The van der Waals surface area contributed by atoms with Gasteiger partial charge in [-0.2, -0.15) is 0 Å². The van der Waals surface area contributed by atoms with Gasteiger partial charge in [0.15, 0.2) is 0 Å². The lowest BCUT2D eigenvalue weighted by Gasteiger charge is -2.20. The van der Waals surface area contributed by atoms with Crippen LogP contribution in [0.15, 0.2) is 24.3 Å². The van der Waals surface area contributed by atoms with Crippen LogP contribution in [0.25, 0.3) is 11.3 Å². The molecular weight excluding hydrogens is 334 g/mol. The molecule has 144 valence electrons. The number of hydrogen-bond acceptors (Lipinski definition) is 2. The minimum Gasteiger partial charge on any atom is -0.506 e. The smallest absolute Gasteiger partial charge is 0.255 e. The third-order valence-electron chi connectivity index (χ3n) is 4.72. The normalized spacial score (nSPS) is 12.2. The van der Waals surface area contributed by atoms with Gasteiger partial charge in [0.25, 0.3) is 5.91 Å². The first kappa shape index (κ1) is 20.8. The number of aliphatic hydroxyl groups is 1. The lowest BCUT2D eigenvalue weighted by molar-refractivity contribution is -0.116. The van der Waals surface area contributed by atoms with Crippen LogP contribution in [0, 0.1) is 41.5 Å². The number of rotatable bonds is 4. The van der Waals surface area contributed by atoms with E-state index in [9.17, 15) is 9.90 Å². The van der Waals surface area contributed by atoms with Crippen LogP contribution >= 0.6 is 0 Å². The first-order valence-corrected chi connectivity index (χ1v) is 9.43. The first-order valence-electron chi connectivity index (χ1n) is 9.43. The molecule has 2 rings (SSSR count). The van der Waals surface area contributed by atoms with Crippen LogP contribution in [0.1, 0.15) is 58.4 Å². The molecule has 0 atom stereocenters. The van der Waals surface area contributed by atoms with Gasteiger partial charge in [0, 0.05) is 11.6 Å². The predicted molar refractivity (Wildman–Crippen MR) is 114 cm³/mol. The summed E-state index contributed by atoms with van der Waals surface area (Å²) >= 11 is 0. The van der Waals surface area contributed by atoms with Crippen LogP contribution in [0.4, 0.5) is 0 Å². The third kappa shape index (κ3) is 4.41. The number of amides is 1. The van der Waals surface area contributed by atoms with Crippen LogP contribution in [0.5, 0.6) is 0 Å². The maximum absolute atomic E-state index is 13.1. The highest BCUT2D eigenvalue weighted by atomic mass is 16.3. The van der Waals surface area contributed by atoms with Crippen molar-refractivity contribution in [1.82, 2.24) is 5.32 Å². The Labute approximate surface area is 163 Å². The zero-order chi connectivity index (χ0) is 20.5. The molecule has 2 N–H and O–H groups in total. The van der Waals surface area contributed by atoms with E-state index in [1.807, 2.05) is 79.7 Å². The molecule has 0 aliphatic heterocycles. The average molecular weight is 366 g/mol. The van der Waals surface area contributed by atoms with Crippen molar-refractivity contribution >= 4 is 17.2 Å². The molecule has 27 heavy (non-hydrogen) atoms. The molecule has 2 aromatic carbocycles. The molecule has 0 aromatic heterocycles. The molecule has 0 aliphatic rings. The van der Waals surface area contributed by atoms with E-state index in [-0.39, 0.29) is 17.7 Å². The van der Waals surface area contributed by atoms with Gasteiger partial charge in [-0.25, -0.2) is 0 Å². The average Bonchev–Trinajstić information content (AvgIpc) is 2.48. The van der Waals surface area contributed by atoms with E-state index >= 15 is 0 Å². The van der Waals surface area contributed by atoms with Gasteiger partial charge in [-0.1, -0.05) is 35.4 Å². The fourth-order valence-electron chi connectivity index (χ4n) is 3.93. The predicted octanol–water partition coefficient (Wildman–Crippen LogP) is 5.49. The Balaban J connectivity index is 2.86. The Morgan fingerprint density at radius 3 is 1.52 bits per heavy atom. The minimum absolute atomic E-state index is 0.0217. The summed E-state index contributed by atoms with van der Waals surface area (Å²) in [6, 6.07) is 8.14. The second-order valence-corrected chi connectivity index (χ2v) is 7.90. The van der Waals surface area contributed by atoms with Gasteiger partial charge in [0.05, 0.1) is 5.57 Å². The molecule has 0 saturated heterocycles. The SMILES string of the molecule is Cc1cc(C)c(/C(O)=C(/C(=O)NC(C)C)c2c(C)cc(C)cc2C)c(C)c1. The van der Waals surface area contributed by atoms with Gasteiger partial charge >= 0.3 is 0 Å². The summed E-state index contributed by atoms with van der Waals surface area (Å²) in [6.07, 6.45) is 0. The molecule has 3 nitrogen and oxygen atoms in total. The van der Waals surface area contributed by atoms with Gasteiger partial charge in [-0.05, 0) is 83.2 Å². The molecular formula is C24H31NO2. The lowest BCUT2D eigenvalue weighted by atomic mass is 9.88. The Morgan fingerprint density at radius 2 is 1.15 bits per heavy atom. The molecule has 0 aliphatic carbocycles. The Hall–Kier alpha value is -2.55. The first-order chi connectivity index (χ1) is 12.5. The monoisotopic (exact) mass is 365 g/mol. The van der Waals surface area contributed by atoms with Crippen molar-refractivity contribution in [2.45, 2.75) is 61.4 Å². The standard InChI is InChI=1S/C24H31NO2/c1-13(2)25-24(27)22(20-16(5)9-14(3)10-17(20)6)23(26)21-18(7)11-15(4)12-19(21)8/h9-13,26H,1-8H3,(H,25,27)/b23-22-. The number of benzene rings is 2. The summed E-state index contributed by atoms with van der Waals surface area (Å²) in [5.41, 5.74) is 8.03. The Bertz CT molecular complexity index is 874. The van der Waals surface area contributed by atoms with Crippen molar-refractivity contribution < 1.29 is 9.90 Å².